The van der Waals surface area contributed by atoms with Crippen molar-refractivity contribution in [2.75, 3.05) is 0 Å². The van der Waals surface area contributed by atoms with Crippen LogP contribution in [0.3, 0.4) is 0 Å². The summed E-state index contributed by atoms with van der Waals surface area (Å²) in [6.07, 6.45) is 0. The number of rotatable bonds is 6. The molecule has 0 amide bonds. The van der Waals surface area contributed by atoms with E-state index in [0.717, 1.165) is 0 Å². The van der Waals surface area contributed by atoms with Gasteiger partial charge in [-0.1, -0.05) is 400 Å². The highest BCUT2D eigenvalue weighted by Crippen LogP contribution is 2.55. The van der Waals surface area contributed by atoms with E-state index in [2.05, 4.69) is 497 Å². The van der Waals surface area contributed by atoms with Crippen LogP contribution >= 0.6 is 34.0 Å². The third-order valence-electron chi connectivity index (χ3n) is 30.7. The lowest BCUT2D eigenvalue weighted by atomic mass is 9.83. The van der Waals surface area contributed by atoms with Gasteiger partial charge in [0, 0.05) is 60.5 Å². The van der Waals surface area contributed by atoms with Crippen LogP contribution in [0.4, 0.5) is 0 Å². The zero-order chi connectivity index (χ0) is 93.6. The van der Waals surface area contributed by atoms with Crippen LogP contribution in [0.25, 0.3) is 310 Å². The highest BCUT2D eigenvalue weighted by Gasteiger charge is 2.26. The summed E-state index contributed by atoms with van der Waals surface area (Å²) >= 11 is 5.67. The fourth-order valence-electron chi connectivity index (χ4n) is 24.4. The van der Waals surface area contributed by atoms with Crippen LogP contribution in [0, 0.1) is 0 Å². The smallest absolute Gasteiger partial charge is 0.0361 e. The Morgan fingerprint density at radius 1 is 0.0979 bits per heavy atom. The molecule has 0 spiro atoms. The summed E-state index contributed by atoms with van der Waals surface area (Å²) in [5.74, 6) is 0. The largest absolute Gasteiger partial charge is 0.135 e. The van der Waals surface area contributed by atoms with Gasteiger partial charge in [-0.2, -0.15) is 0 Å². The first-order chi connectivity index (χ1) is 70.9. The Morgan fingerprint density at radius 3 is 0.741 bits per heavy atom. The maximum atomic E-state index is 2.44. The van der Waals surface area contributed by atoms with Crippen molar-refractivity contribution in [2.24, 2.45) is 0 Å². The topological polar surface area (TPSA) is 0 Å². The summed E-state index contributed by atoms with van der Waals surface area (Å²) in [4.78, 5) is 0. The molecule has 0 aliphatic rings. The van der Waals surface area contributed by atoms with Gasteiger partial charge in [0.05, 0.1) is 0 Å². The molecule has 0 aliphatic carbocycles. The van der Waals surface area contributed by atoms with Gasteiger partial charge in [-0.25, -0.2) is 0 Å². The molecule has 0 unspecified atom stereocenters. The first kappa shape index (κ1) is 81.5. The molecule has 32 rings (SSSR count). The van der Waals surface area contributed by atoms with E-state index in [1.807, 2.05) is 34.0 Å². The Kier molecular flexibility index (Phi) is 18.5. The van der Waals surface area contributed by atoms with Crippen molar-refractivity contribution in [2.45, 2.75) is 0 Å². The van der Waals surface area contributed by atoms with Crippen LogP contribution < -0.4 is 0 Å². The molecule has 0 aliphatic heterocycles. The molecule has 0 radical (unpaired) electrons. The Labute approximate surface area is 834 Å². The zero-order valence-electron chi connectivity index (χ0n) is 77.6. The summed E-state index contributed by atoms with van der Waals surface area (Å²) < 4.78 is 8.01. The van der Waals surface area contributed by atoms with Gasteiger partial charge in [-0.15, -0.1) is 34.0 Å². The maximum absolute atomic E-state index is 2.44. The average Bonchev–Trinajstić information content (AvgIpc) is 1.72. The fraction of sp³-hybridized carbons (Fsp3) is 0. The molecular formula is C140H82S3. The molecule has 0 N–H and O–H groups in total. The number of benzene rings is 29. The van der Waals surface area contributed by atoms with E-state index >= 15 is 0 Å². The van der Waals surface area contributed by atoms with E-state index in [-0.39, 0.29) is 0 Å². The van der Waals surface area contributed by atoms with Crippen LogP contribution in [-0.4, -0.2) is 0 Å². The van der Waals surface area contributed by atoms with Crippen LogP contribution in [-0.2, 0) is 0 Å². The first-order valence-corrected chi connectivity index (χ1v) is 51.8. The van der Waals surface area contributed by atoms with Crippen molar-refractivity contribution in [3.05, 3.63) is 497 Å². The summed E-state index contributed by atoms with van der Waals surface area (Å²) in [7, 11) is 0. The van der Waals surface area contributed by atoms with Gasteiger partial charge >= 0.3 is 0 Å². The van der Waals surface area contributed by atoms with Gasteiger partial charge in [-0.05, 0) is 347 Å². The van der Waals surface area contributed by atoms with Crippen LogP contribution in [0.1, 0.15) is 0 Å². The molecule has 0 atom stereocenters. The second kappa shape index (κ2) is 32.5. The molecule has 3 aromatic heterocycles. The van der Waals surface area contributed by atoms with Crippen molar-refractivity contribution >= 4 is 278 Å². The van der Waals surface area contributed by atoms with Gasteiger partial charge in [0.15, 0.2) is 0 Å². The van der Waals surface area contributed by atoms with E-state index in [1.165, 1.54) is 310 Å². The summed E-state index contributed by atoms with van der Waals surface area (Å²) in [6.45, 7) is 0. The second-order valence-corrected chi connectivity index (χ2v) is 41.7. The van der Waals surface area contributed by atoms with Gasteiger partial charge in [0.1, 0.15) is 0 Å². The molecule has 32 aromatic rings. The maximum Gasteiger partial charge on any atom is 0.0361 e. The van der Waals surface area contributed by atoms with Crippen molar-refractivity contribution in [3.63, 3.8) is 0 Å². The predicted molar refractivity (Wildman–Crippen MR) is 628 cm³/mol. The van der Waals surface area contributed by atoms with Crippen molar-refractivity contribution in [3.8, 4) is 66.8 Å². The Morgan fingerprint density at radius 2 is 0.343 bits per heavy atom. The summed E-state index contributed by atoms with van der Waals surface area (Å²) in [6, 6.07) is 185. The van der Waals surface area contributed by atoms with Crippen LogP contribution in [0.2, 0.25) is 0 Å². The lowest BCUT2D eigenvalue weighted by molar-refractivity contribution is 1.70. The predicted octanol–water partition coefficient (Wildman–Crippen LogP) is 41.8. The Balaban J connectivity index is 0.000000100. The SMILES string of the molecule is c1ccc2cc3c(cc2c1)sc1ccc(-c2c4ccccc4c(-c4cc5ccc6ccccc6c5c5ccccc45)c4ccccc24)cc13.c1ccc2cc3c(cc2c1)sc1ccc(-c2c4ccccc4c(-c4cc5ccccc5c5ccccc45)c4ccccc24)cc13.c1ccc2cc3c(ccc4c(-c5c6ccccc6c(-c6ccc7sc8cc9ccccc9cc8c7c6)c6ccccc56)cccc43)cc2c1. The number of thiophene rings is 3. The van der Waals surface area contributed by atoms with Gasteiger partial charge < -0.3 is 0 Å². The standard InChI is InChI=1S/2C48H28S.C44H26S/c1-2-11-30-25-42-33(24-29(30)10-1)20-22-36-35(42)18-9-19-37(36)48-40-16-7-5-14-38(40)47(39-15-6-8-17-41(39)48)34-21-23-45-43(27-34)44-26-31-12-3-4-13-32(31)28-46(44)49-45;1-2-13-31-28-45-42(25-30(31)12-1)41-26-33(23-24-44(41)49-45)47-37-17-7-9-19-39(37)48(40-20-10-8-18-38(40)47)43-27-32-22-21-29-11-3-4-14-34(29)46(32)36-16-6-5-15-35(36)43;1-2-12-28-26-42-39(23-27(28)11-1)38-25-30(21-22-41(38)45-42)43-34-17-7-9-19-36(34)44(37-20-10-8-18-35(37)43)40-24-29-13-3-4-14-31(29)32-15-5-6-16-33(32)40/h2*1-28H;1-26H. The molecule has 0 fully saturated rings. The minimum atomic E-state index is 1.26. The number of hydrogen-bond donors (Lipinski definition) is 0. The monoisotopic (exact) mass is 1860 g/mol. The second-order valence-electron chi connectivity index (χ2n) is 38.5. The quantitative estimate of drug-likeness (QED) is 0.115. The molecule has 3 heterocycles. The minimum absolute atomic E-state index is 1.26. The Bertz CT molecular complexity index is 10900. The molecule has 0 saturated heterocycles. The molecule has 0 bridgehead atoms. The van der Waals surface area contributed by atoms with Crippen molar-refractivity contribution < 1.29 is 0 Å². The van der Waals surface area contributed by atoms with Gasteiger partial charge in [-0.3, -0.25) is 0 Å². The molecule has 0 nitrogen and oxygen atoms in total. The van der Waals surface area contributed by atoms with E-state index in [1.54, 1.807) is 0 Å². The summed E-state index contributed by atoms with van der Waals surface area (Å²) in [5.41, 5.74) is 15.4. The molecule has 143 heavy (non-hydrogen) atoms. The number of fused-ring (bicyclic) bond motifs is 30. The third kappa shape index (κ3) is 13.0. The first-order valence-electron chi connectivity index (χ1n) is 49.4. The van der Waals surface area contributed by atoms with Crippen LogP contribution in [0.5, 0.6) is 0 Å². The minimum Gasteiger partial charge on any atom is -0.135 e. The molecular weight excluding hydrogens is 1780 g/mol. The molecule has 29 aromatic carbocycles. The average molecular weight is 1860 g/mol. The molecule has 660 valence electrons. The van der Waals surface area contributed by atoms with Crippen molar-refractivity contribution in [1.29, 1.82) is 0 Å². The normalized spacial score (nSPS) is 12.1. The highest BCUT2D eigenvalue weighted by atomic mass is 32.1. The molecule has 0 saturated carbocycles. The lowest BCUT2D eigenvalue weighted by Crippen LogP contribution is -1.92. The summed E-state index contributed by atoms with van der Waals surface area (Å²) in [5, 5.41) is 51.7. The van der Waals surface area contributed by atoms with Crippen molar-refractivity contribution in [1.82, 2.24) is 0 Å². The van der Waals surface area contributed by atoms with E-state index in [4.69, 9.17) is 0 Å². The van der Waals surface area contributed by atoms with Gasteiger partial charge in [0.2, 0.25) is 0 Å². The van der Waals surface area contributed by atoms with Crippen LogP contribution in [0.15, 0.2) is 497 Å². The highest BCUT2D eigenvalue weighted by molar-refractivity contribution is 7.26. The Hall–Kier alpha value is -17.5. The lowest BCUT2D eigenvalue weighted by Gasteiger charge is -2.20. The van der Waals surface area contributed by atoms with E-state index in [0.29, 0.717) is 0 Å². The third-order valence-corrected chi connectivity index (χ3v) is 34.1. The van der Waals surface area contributed by atoms with E-state index < -0.39 is 0 Å². The fourth-order valence-corrected chi connectivity index (χ4v) is 27.7. The zero-order valence-corrected chi connectivity index (χ0v) is 80.0. The number of hydrogen-bond acceptors (Lipinski definition) is 3. The molecule has 3 heteroatoms. The van der Waals surface area contributed by atoms with E-state index in [9.17, 15) is 0 Å². The van der Waals surface area contributed by atoms with Gasteiger partial charge in [0.25, 0.3) is 0 Å².